The van der Waals surface area contributed by atoms with Gasteiger partial charge in [0.2, 0.25) is 0 Å². The Bertz CT molecular complexity index is 1020. The van der Waals surface area contributed by atoms with Gasteiger partial charge in [-0.25, -0.2) is 0 Å². The Morgan fingerprint density at radius 2 is 1.34 bits per heavy atom. The summed E-state index contributed by atoms with van der Waals surface area (Å²) in [7, 11) is 0. The highest BCUT2D eigenvalue weighted by Gasteiger charge is 2.23. The largest absolute Gasteiger partial charge is 0.367 e. The molecule has 0 N–H and O–H groups in total. The van der Waals surface area contributed by atoms with E-state index in [1.807, 2.05) is 23.1 Å². The van der Waals surface area contributed by atoms with Crippen molar-refractivity contribution in [3.63, 3.8) is 0 Å². The topological polar surface area (TPSA) is 23.6 Å². The minimum atomic E-state index is 0.104. The number of hydrogen-bond donors (Lipinski definition) is 0. The predicted molar refractivity (Wildman–Crippen MR) is 119 cm³/mol. The van der Waals surface area contributed by atoms with E-state index in [0.717, 1.165) is 50.1 Å². The Morgan fingerprint density at radius 3 is 2.10 bits per heavy atom. The summed E-state index contributed by atoms with van der Waals surface area (Å²) in [6, 6.07) is 25.2. The molecule has 29 heavy (non-hydrogen) atoms. The summed E-state index contributed by atoms with van der Waals surface area (Å²) < 4.78 is 0. The molecule has 0 aliphatic carbocycles. The summed E-state index contributed by atoms with van der Waals surface area (Å²) in [4.78, 5) is 17.5. The first kappa shape index (κ1) is 18.0. The molecule has 1 amide bonds. The number of carbonyl (C=O) groups is 1. The standard InChI is InChI=1S/C26H26N2O/c29-26(28-18-6-10-22-8-2-4-12-25(22)28)23-15-13-20(14-16-23)19-27-17-5-9-21-7-1-3-11-24(21)27/h1-4,7-8,11-16H,5-6,9-10,17-19H2. The zero-order chi connectivity index (χ0) is 19.6. The molecule has 0 spiro atoms. The SMILES string of the molecule is O=C(c1ccc(CN2CCCc3ccccc32)cc1)N1CCCc2ccccc21. The first-order valence-electron chi connectivity index (χ1n) is 10.6. The summed E-state index contributed by atoms with van der Waals surface area (Å²) in [6.45, 7) is 2.77. The predicted octanol–water partition coefficient (Wildman–Crippen LogP) is 5.23. The molecular weight excluding hydrogens is 356 g/mol. The van der Waals surface area contributed by atoms with Gasteiger partial charge in [0.25, 0.3) is 5.91 Å². The van der Waals surface area contributed by atoms with Crippen molar-refractivity contribution in [3.05, 3.63) is 95.1 Å². The molecule has 3 aromatic rings. The summed E-state index contributed by atoms with van der Waals surface area (Å²) in [5.74, 6) is 0.104. The van der Waals surface area contributed by atoms with Gasteiger partial charge in [0.1, 0.15) is 0 Å². The maximum absolute atomic E-state index is 13.1. The molecule has 0 aromatic heterocycles. The van der Waals surface area contributed by atoms with E-state index in [1.165, 1.54) is 28.8 Å². The van der Waals surface area contributed by atoms with Gasteiger partial charge in [-0.15, -0.1) is 0 Å². The summed E-state index contributed by atoms with van der Waals surface area (Å²) >= 11 is 0. The van der Waals surface area contributed by atoms with Gasteiger partial charge < -0.3 is 9.80 Å². The third-order valence-corrected chi connectivity index (χ3v) is 6.14. The molecule has 3 heteroatoms. The number of carbonyl (C=O) groups excluding carboxylic acids is 1. The number of aryl methyl sites for hydroxylation is 2. The molecule has 3 aromatic carbocycles. The second-order valence-corrected chi connectivity index (χ2v) is 8.04. The van der Waals surface area contributed by atoms with Gasteiger partial charge >= 0.3 is 0 Å². The first-order chi connectivity index (χ1) is 14.3. The number of amides is 1. The normalized spacial score (nSPS) is 15.6. The van der Waals surface area contributed by atoms with E-state index in [2.05, 4.69) is 59.5 Å². The van der Waals surface area contributed by atoms with Crippen LogP contribution in [0, 0.1) is 0 Å². The van der Waals surface area contributed by atoms with Crippen molar-refractivity contribution in [2.45, 2.75) is 32.2 Å². The molecule has 0 saturated carbocycles. The fraction of sp³-hybridized carbons (Fsp3) is 0.269. The zero-order valence-electron chi connectivity index (χ0n) is 16.7. The molecule has 0 fully saturated rings. The summed E-state index contributed by atoms with van der Waals surface area (Å²) in [5.41, 5.74) is 7.14. The van der Waals surface area contributed by atoms with E-state index in [0.29, 0.717) is 0 Å². The van der Waals surface area contributed by atoms with Gasteiger partial charge in [0.15, 0.2) is 0 Å². The lowest BCUT2D eigenvalue weighted by Gasteiger charge is -2.31. The van der Waals surface area contributed by atoms with Crippen LogP contribution in [0.25, 0.3) is 0 Å². The smallest absolute Gasteiger partial charge is 0.258 e. The Hall–Kier alpha value is -3.07. The third kappa shape index (κ3) is 3.53. The Balaban J connectivity index is 1.33. The first-order valence-corrected chi connectivity index (χ1v) is 10.6. The van der Waals surface area contributed by atoms with Crippen molar-refractivity contribution < 1.29 is 4.79 Å². The fourth-order valence-electron chi connectivity index (χ4n) is 4.65. The third-order valence-electron chi connectivity index (χ3n) is 6.14. The number of fused-ring (bicyclic) bond motifs is 2. The van der Waals surface area contributed by atoms with Gasteiger partial charge in [0.05, 0.1) is 0 Å². The van der Waals surface area contributed by atoms with Crippen LogP contribution >= 0.6 is 0 Å². The second-order valence-electron chi connectivity index (χ2n) is 8.04. The maximum Gasteiger partial charge on any atom is 0.258 e. The van der Waals surface area contributed by atoms with Crippen LogP contribution < -0.4 is 9.80 Å². The van der Waals surface area contributed by atoms with Gasteiger partial charge in [-0.2, -0.15) is 0 Å². The highest BCUT2D eigenvalue weighted by Crippen LogP contribution is 2.29. The maximum atomic E-state index is 13.1. The van der Waals surface area contributed by atoms with Crippen LogP contribution in [0.2, 0.25) is 0 Å². The van der Waals surface area contributed by atoms with Crippen LogP contribution in [0.15, 0.2) is 72.8 Å². The Labute approximate surface area is 172 Å². The van der Waals surface area contributed by atoms with E-state index in [4.69, 9.17) is 0 Å². The molecular formula is C26H26N2O. The van der Waals surface area contributed by atoms with Gasteiger partial charge in [-0.05, 0) is 66.6 Å². The second kappa shape index (κ2) is 7.75. The Morgan fingerprint density at radius 1 is 0.724 bits per heavy atom. The fourth-order valence-corrected chi connectivity index (χ4v) is 4.65. The summed E-state index contributed by atoms with van der Waals surface area (Å²) in [5, 5.41) is 0. The molecule has 0 saturated heterocycles. The van der Waals surface area contributed by atoms with Crippen LogP contribution in [0.1, 0.15) is 39.9 Å². The molecule has 0 radical (unpaired) electrons. The lowest BCUT2D eigenvalue weighted by Crippen LogP contribution is -2.35. The van der Waals surface area contributed by atoms with E-state index in [9.17, 15) is 4.79 Å². The Kier molecular flexibility index (Phi) is 4.81. The van der Waals surface area contributed by atoms with Crippen molar-refractivity contribution in [2.24, 2.45) is 0 Å². The van der Waals surface area contributed by atoms with Gasteiger partial charge in [-0.1, -0.05) is 48.5 Å². The lowest BCUT2D eigenvalue weighted by atomic mass is 10.00. The van der Waals surface area contributed by atoms with Crippen LogP contribution in [-0.2, 0) is 19.4 Å². The van der Waals surface area contributed by atoms with Gasteiger partial charge in [-0.3, -0.25) is 4.79 Å². The molecule has 146 valence electrons. The van der Waals surface area contributed by atoms with Crippen LogP contribution in [0.4, 0.5) is 11.4 Å². The number of nitrogens with zero attached hydrogens (tertiary/aromatic N) is 2. The van der Waals surface area contributed by atoms with Crippen LogP contribution in [-0.4, -0.2) is 19.0 Å². The minimum Gasteiger partial charge on any atom is -0.367 e. The minimum absolute atomic E-state index is 0.104. The van der Waals surface area contributed by atoms with Crippen molar-refractivity contribution >= 4 is 17.3 Å². The number of rotatable bonds is 3. The zero-order valence-corrected chi connectivity index (χ0v) is 16.7. The van der Waals surface area contributed by atoms with Crippen molar-refractivity contribution in [1.82, 2.24) is 0 Å². The number of para-hydroxylation sites is 2. The molecule has 3 nitrogen and oxygen atoms in total. The average molecular weight is 383 g/mol. The van der Waals surface area contributed by atoms with Crippen molar-refractivity contribution in [2.75, 3.05) is 22.9 Å². The van der Waals surface area contributed by atoms with E-state index in [-0.39, 0.29) is 5.91 Å². The van der Waals surface area contributed by atoms with E-state index >= 15 is 0 Å². The summed E-state index contributed by atoms with van der Waals surface area (Å²) in [6.07, 6.45) is 4.44. The highest BCUT2D eigenvalue weighted by atomic mass is 16.2. The molecule has 0 atom stereocenters. The quantitative estimate of drug-likeness (QED) is 0.619. The lowest BCUT2D eigenvalue weighted by molar-refractivity contribution is 0.0985. The van der Waals surface area contributed by atoms with Crippen molar-refractivity contribution in [1.29, 1.82) is 0 Å². The van der Waals surface area contributed by atoms with Crippen LogP contribution in [0.3, 0.4) is 0 Å². The van der Waals surface area contributed by atoms with E-state index in [1.54, 1.807) is 0 Å². The average Bonchev–Trinajstić information content (AvgIpc) is 2.79. The molecule has 2 heterocycles. The van der Waals surface area contributed by atoms with Gasteiger partial charge in [0, 0.05) is 36.6 Å². The number of benzene rings is 3. The monoisotopic (exact) mass is 382 g/mol. The van der Waals surface area contributed by atoms with E-state index < -0.39 is 0 Å². The number of anilines is 2. The highest BCUT2D eigenvalue weighted by molar-refractivity contribution is 6.06. The van der Waals surface area contributed by atoms with Crippen molar-refractivity contribution in [3.8, 4) is 0 Å². The molecule has 5 rings (SSSR count). The molecule has 0 unspecified atom stereocenters. The van der Waals surface area contributed by atoms with Crippen LogP contribution in [0.5, 0.6) is 0 Å². The molecule has 0 bridgehead atoms. The molecule has 2 aliphatic heterocycles. The molecule has 2 aliphatic rings. The number of hydrogen-bond acceptors (Lipinski definition) is 2.